The summed E-state index contributed by atoms with van der Waals surface area (Å²) in [5.41, 5.74) is -0.762. The molecule has 0 fully saturated rings. The highest BCUT2D eigenvalue weighted by Crippen LogP contribution is 2.40. The lowest BCUT2D eigenvalue weighted by molar-refractivity contribution is 0.0988. The third kappa shape index (κ3) is 2.31. The number of hydrogen-bond acceptors (Lipinski definition) is 4. The maximum absolute atomic E-state index is 14.0. The van der Waals surface area contributed by atoms with E-state index in [0.717, 1.165) is 0 Å². The van der Waals surface area contributed by atoms with E-state index in [9.17, 15) is 9.18 Å². The lowest BCUT2D eigenvalue weighted by Crippen LogP contribution is -2.20. The zero-order chi connectivity index (χ0) is 13.3. The first-order valence-electron chi connectivity index (χ1n) is 5.74. The molecule has 5 heteroatoms. The summed E-state index contributed by atoms with van der Waals surface area (Å²) in [7, 11) is 1.68. The molecule has 0 unspecified atom stereocenters. The van der Waals surface area contributed by atoms with Crippen molar-refractivity contribution in [1.82, 2.24) is 5.32 Å². The zero-order valence-electron chi connectivity index (χ0n) is 10.7. The van der Waals surface area contributed by atoms with E-state index in [-0.39, 0.29) is 19.1 Å². The molecule has 1 aliphatic heterocycles. The lowest BCUT2D eigenvalue weighted by atomic mass is 9.95. The highest BCUT2D eigenvalue weighted by atomic mass is 19.1. The first-order valence-corrected chi connectivity index (χ1v) is 5.74. The summed E-state index contributed by atoms with van der Waals surface area (Å²) >= 11 is 0. The van der Waals surface area contributed by atoms with Crippen molar-refractivity contribution in [2.24, 2.45) is 0 Å². The van der Waals surface area contributed by atoms with Crippen LogP contribution >= 0.6 is 0 Å². The molecule has 0 aliphatic carbocycles. The fourth-order valence-electron chi connectivity index (χ4n) is 1.82. The fraction of sp³-hybridized carbons (Fsp3) is 0.462. The van der Waals surface area contributed by atoms with Crippen molar-refractivity contribution < 1.29 is 18.7 Å². The van der Waals surface area contributed by atoms with Gasteiger partial charge in [0.25, 0.3) is 0 Å². The molecule has 98 valence electrons. The van der Waals surface area contributed by atoms with Crippen molar-refractivity contribution in [2.45, 2.75) is 19.5 Å². The van der Waals surface area contributed by atoms with E-state index < -0.39 is 5.67 Å². The Kier molecular flexibility index (Phi) is 3.26. The van der Waals surface area contributed by atoms with Gasteiger partial charge in [-0.25, -0.2) is 4.39 Å². The molecule has 0 spiro atoms. The number of alkyl halides is 1. The largest absolute Gasteiger partial charge is 0.454 e. The monoisotopic (exact) mass is 253 g/mol. The number of carbonyl (C=O) groups excluding carboxylic acids is 1. The third-order valence-corrected chi connectivity index (χ3v) is 2.80. The van der Waals surface area contributed by atoms with E-state index in [1.54, 1.807) is 13.1 Å². The topological polar surface area (TPSA) is 47.6 Å². The van der Waals surface area contributed by atoms with Crippen molar-refractivity contribution in [3.8, 4) is 11.5 Å². The van der Waals surface area contributed by atoms with Gasteiger partial charge in [0.05, 0.1) is 12.1 Å². The van der Waals surface area contributed by atoms with Crippen molar-refractivity contribution >= 4 is 5.78 Å². The molecule has 0 saturated carbocycles. The van der Waals surface area contributed by atoms with Crippen LogP contribution in [-0.2, 0) is 5.67 Å². The second kappa shape index (κ2) is 4.57. The van der Waals surface area contributed by atoms with Gasteiger partial charge in [0.1, 0.15) is 5.67 Å². The van der Waals surface area contributed by atoms with E-state index >= 15 is 0 Å². The fourth-order valence-corrected chi connectivity index (χ4v) is 1.82. The molecule has 1 aliphatic rings. The van der Waals surface area contributed by atoms with Crippen LogP contribution in [0, 0.1) is 0 Å². The minimum absolute atomic E-state index is 0.0608. The molecule has 1 N–H and O–H groups in total. The number of halogens is 1. The van der Waals surface area contributed by atoms with E-state index in [1.165, 1.54) is 19.9 Å². The Morgan fingerprint density at radius 3 is 2.78 bits per heavy atom. The summed E-state index contributed by atoms with van der Waals surface area (Å²) < 4.78 is 24.5. The summed E-state index contributed by atoms with van der Waals surface area (Å²) in [6, 6.07) is 3.12. The van der Waals surface area contributed by atoms with Crippen LogP contribution in [0.25, 0.3) is 0 Å². The number of likely N-dealkylation sites (N-methyl/N-ethyl adjacent to an activating group) is 1. The van der Waals surface area contributed by atoms with Gasteiger partial charge in [-0.3, -0.25) is 4.79 Å². The number of rotatable bonds is 4. The summed E-state index contributed by atoms with van der Waals surface area (Å²) in [6.07, 6.45) is 0. The molecule has 1 heterocycles. The molecule has 0 aromatic heterocycles. The number of hydrogen-bond donors (Lipinski definition) is 1. The first kappa shape index (κ1) is 12.8. The molecule has 0 radical (unpaired) electrons. The van der Waals surface area contributed by atoms with Crippen LogP contribution in [0.1, 0.15) is 29.8 Å². The normalized spacial score (nSPS) is 13.8. The Labute approximate surface area is 105 Å². The second-order valence-electron chi connectivity index (χ2n) is 4.68. The lowest BCUT2D eigenvalue weighted by Gasteiger charge is -2.16. The van der Waals surface area contributed by atoms with E-state index in [1.807, 2.05) is 0 Å². The number of ether oxygens (including phenoxy) is 2. The zero-order valence-corrected chi connectivity index (χ0v) is 10.7. The number of carbonyl (C=O) groups is 1. The summed E-state index contributed by atoms with van der Waals surface area (Å²) in [5, 5.41) is 2.78. The molecule has 18 heavy (non-hydrogen) atoms. The molecule has 0 saturated heterocycles. The molecule has 1 aromatic rings. The van der Waals surface area contributed by atoms with Crippen molar-refractivity contribution in [3.63, 3.8) is 0 Å². The number of Topliss-reactive ketones (excluding diaryl/α,β-unsaturated/α-hetero) is 1. The molecular formula is C13H16FNO3. The van der Waals surface area contributed by atoms with Crippen LogP contribution in [0.2, 0.25) is 0 Å². The quantitative estimate of drug-likeness (QED) is 0.834. The van der Waals surface area contributed by atoms with Crippen molar-refractivity contribution in [1.29, 1.82) is 0 Å². The van der Waals surface area contributed by atoms with Crippen molar-refractivity contribution in [3.05, 3.63) is 23.3 Å². The smallest absolute Gasteiger partial charge is 0.231 e. The predicted molar refractivity (Wildman–Crippen MR) is 65.0 cm³/mol. The minimum atomic E-state index is -1.53. The maximum Gasteiger partial charge on any atom is 0.231 e. The van der Waals surface area contributed by atoms with E-state index in [2.05, 4.69) is 5.32 Å². The Hall–Kier alpha value is -1.62. The second-order valence-corrected chi connectivity index (χ2v) is 4.68. The molecule has 0 bridgehead atoms. The Morgan fingerprint density at radius 2 is 2.17 bits per heavy atom. The van der Waals surface area contributed by atoms with Crippen LogP contribution < -0.4 is 14.8 Å². The standard InChI is InChI=1S/C13H16FNO3/c1-13(2,14)8-4-9(10(16)6-15-3)12-11(5-8)17-7-18-12/h4-5,15H,6-7H2,1-3H3. The molecule has 2 rings (SSSR count). The van der Waals surface area contributed by atoms with Gasteiger partial charge in [-0.15, -0.1) is 0 Å². The van der Waals surface area contributed by atoms with E-state index in [0.29, 0.717) is 22.6 Å². The Bertz CT molecular complexity index is 480. The van der Waals surface area contributed by atoms with E-state index in [4.69, 9.17) is 9.47 Å². The van der Waals surface area contributed by atoms with Crippen LogP contribution in [0.15, 0.2) is 12.1 Å². The van der Waals surface area contributed by atoms with Crippen LogP contribution in [0.5, 0.6) is 11.5 Å². The van der Waals surface area contributed by atoms with Crippen LogP contribution in [0.4, 0.5) is 4.39 Å². The molecule has 0 atom stereocenters. The Balaban J connectivity index is 2.50. The number of ketones is 1. The van der Waals surface area contributed by atoms with Crippen LogP contribution in [0.3, 0.4) is 0 Å². The average Bonchev–Trinajstić information content (AvgIpc) is 2.74. The highest BCUT2D eigenvalue weighted by molar-refractivity contribution is 6.01. The summed E-state index contributed by atoms with van der Waals surface area (Å²) in [4.78, 5) is 12.0. The molecule has 1 aromatic carbocycles. The number of nitrogens with one attached hydrogen (secondary N) is 1. The summed E-state index contributed by atoms with van der Waals surface area (Å²) in [5.74, 6) is 0.686. The van der Waals surface area contributed by atoms with Gasteiger partial charge in [0, 0.05) is 0 Å². The van der Waals surface area contributed by atoms with Gasteiger partial charge in [0.15, 0.2) is 17.3 Å². The van der Waals surface area contributed by atoms with Crippen LogP contribution in [-0.4, -0.2) is 26.2 Å². The third-order valence-electron chi connectivity index (χ3n) is 2.80. The molecular weight excluding hydrogens is 237 g/mol. The van der Waals surface area contributed by atoms with Gasteiger partial charge in [-0.2, -0.15) is 0 Å². The number of fused-ring (bicyclic) bond motifs is 1. The van der Waals surface area contributed by atoms with Gasteiger partial charge in [-0.1, -0.05) is 0 Å². The maximum atomic E-state index is 14.0. The van der Waals surface area contributed by atoms with Gasteiger partial charge < -0.3 is 14.8 Å². The van der Waals surface area contributed by atoms with Crippen molar-refractivity contribution in [2.75, 3.05) is 20.4 Å². The SMILES string of the molecule is CNCC(=O)c1cc(C(C)(C)F)cc2c1OCO2. The van der Waals surface area contributed by atoms with Gasteiger partial charge in [0.2, 0.25) is 6.79 Å². The molecule has 4 nitrogen and oxygen atoms in total. The number of benzene rings is 1. The summed E-state index contributed by atoms with van der Waals surface area (Å²) in [6.45, 7) is 3.12. The average molecular weight is 253 g/mol. The van der Waals surface area contributed by atoms with Gasteiger partial charge >= 0.3 is 0 Å². The minimum Gasteiger partial charge on any atom is -0.454 e. The highest BCUT2D eigenvalue weighted by Gasteiger charge is 2.28. The first-order chi connectivity index (χ1) is 8.43. The predicted octanol–water partition coefficient (Wildman–Crippen LogP) is 2.02. The Morgan fingerprint density at radius 1 is 1.44 bits per heavy atom. The molecule has 0 amide bonds. The van der Waals surface area contributed by atoms with Gasteiger partial charge in [-0.05, 0) is 38.6 Å².